The maximum Gasteiger partial charge on any atom is 0.203 e. The van der Waals surface area contributed by atoms with E-state index in [1.165, 1.54) is 22.7 Å². The number of aromatic nitrogens is 2. The summed E-state index contributed by atoms with van der Waals surface area (Å²) in [6.07, 6.45) is 0. The number of benzene rings is 2. The minimum Gasteiger partial charge on any atom is -0.207 e. The monoisotopic (exact) mass is 286 g/mol. The largest absolute Gasteiger partial charge is 0.207 e. The van der Waals surface area contributed by atoms with Crippen LogP contribution in [-0.4, -0.2) is 9.36 Å². The van der Waals surface area contributed by atoms with E-state index in [0.717, 1.165) is 5.82 Å². The minimum atomic E-state index is 0.0335. The van der Waals surface area contributed by atoms with Crippen molar-refractivity contribution in [3.05, 3.63) is 82.1 Å². The second-order valence-corrected chi connectivity index (χ2v) is 5.49. The molecule has 0 bridgehead atoms. The first kappa shape index (κ1) is 12.3. The lowest BCUT2D eigenvalue weighted by Crippen LogP contribution is -2.04. The van der Waals surface area contributed by atoms with Crippen molar-refractivity contribution in [2.24, 2.45) is 0 Å². The fraction of sp³-hybridized carbons (Fsp3) is 0.0667. The van der Waals surface area contributed by atoms with Gasteiger partial charge in [0.2, 0.25) is 4.47 Å². The van der Waals surface area contributed by atoms with E-state index in [0.29, 0.717) is 4.47 Å². The fourth-order valence-corrected chi connectivity index (χ4v) is 2.75. The Kier molecular flexibility index (Phi) is 3.58. The van der Waals surface area contributed by atoms with E-state index in [1.54, 1.807) is 0 Å². The molecule has 2 nitrogen and oxygen atoms in total. The Labute approximate surface area is 120 Å². The van der Waals surface area contributed by atoms with E-state index in [1.807, 2.05) is 36.4 Å². The number of hydrogen-bond donors (Lipinski definition) is 0. The topological polar surface area (TPSA) is 25.8 Å². The molecule has 0 atom stereocenters. The first-order valence-electron chi connectivity index (χ1n) is 5.93. The van der Waals surface area contributed by atoms with E-state index in [2.05, 4.69) is 33.6 Å². The SMILES string of the molecule is Clc1nc(C(c2ccccc2)c2ccccc2)ns1. The summed E-state index contributed by atoms with van der Waals surface area (Å²) in [7, 11) is 0. The minimum absolute atomic E-state index is 0.0335. The number of rotatable bonds is 3. The van der Waals surface area contributed by atoms with Crippen LogP contribution in [0.3, 0.4) is 0 Å². The van der Waals surface area contributed by atoms with Crippen LogP contribution in [0.2, 0.25) is 4.47 Å². The molecule has 0 saturated heterocycles. The van der Waals surface area contributed by atoms with E-state index in [-0.39, 0.29) is 5.92 Å². The maximum atomic E-state index is 5.92. The van der Waals surface area contributed by atoms with Crippen molar-refractivity contribution in [2.45, 2.75) is 5.92 Å². The normalized spacial score (nSPS) is 10.8. The molecule has 2 aromatic carbocycles. The van der Waals surface area contributed by atoms with Crippen molar-refractivity contribution in [1.29, 1.82) is 0 Å². The molecular formula is C15H11ClN2S. The Morgan fingerprint density at radius 3 is 1.79 bits per heavy atom. The van der Waals surface area contributed by atoms with Crippen molar-refractivity contribution in [3.63, 3.8) is 0 Å². The second-order valence-electron chi connectivity index (χ2n) is 4.16. The first-order chi connectivity index (χ1) is 9.34. The molecule has 19 heavy (non-hydrogen) atoms. The third kappa shape index (κ3) is 2.67. The molecule has 0 aliphatic heterocycles. The summed E-state index contributed by atoms with van der Waals surface area (Å²) in [6.45, 7) is 0. The van der Waals surface area contributed by atoms with Gasteiger partial charge >= 0.3 is 0 Å². The molecule has 0 unspecified atom stereocenters. The van der Waals surface area contributed by atoms with Crippen LogP contribution < -0.4 is 0 Å². The van der Waals surface area contributed by atoms with Crippen LogP contribution in [0, 0.1) is 0 Å². The van der Waals surface area contributed by atoms with Gasteiger partial charge < -0.3 is 0 Å². The van der Waals surface area contributed by atoms with Gasteiger partial charge in [-0.15, -0.1) is 0 Å². The van der Waals surface area contributed by atoms with Crippen molar-refractivity contribution in [2.75, 3.05) is 0 Å². The third-order valence-electron chi connectivity index (χ3n) is 2.94. The predicted octanol–water partition coefficient (Wildman–Crippen LogP) is 4.37. The lowest BCUT2D eigenvalue weighted by molar-refractivity contribution is 0.891. The molecule has 0 saturated carbocycles. The maximum absolute atomic E-state index is 5.92. The standard InChI is InChI=1S/C15H11ClN2S/c16-15-17-14(18-19-15)13(11-7-3-1-4-8-11)12-9-5-2-6-10-12/h1-10,13H. The van der Waals surface area contributed by atoms with Crippen LogP contribution >= 0.6 is 23.1 Å². The van der Waals surface area contributed by atoms with Gasteiger partial charge in [-0.25, -0.2) is 4.98 Å². The third-order valence-corrected chi connectivity index (χ3v) is 3.75. The highest BCUT2D eigenvalue weighted by Crippen LogP contribution is 2.31. The number of hydrogen-bond acceptors (Lipinski definition) is 3. The lowest BCUT2D eigenvalue weighted by atomic mass is 9.91. The van der Waals surface area contributed by atoms with Gasteiger partial charge in [0.25, 0.3) is 0 Å². The summed E-state index contributed by atoms with van der Waals surface area (Å²) in [5, 5.41) is 0. The smallest absolute Gasteiger partial charge is 0.203 e. The quantitative estimate of drug-likeness (QED) is 0.714. The average molecular weight is 287 g/mol. The highest BCUT2D eigenvalue weighted by molar-refractivity contribution is 7.10. The van der Waals surface area contributed by atoms with Gasteiger partial charge in [0.1, 0.15) is 0 Å². The molecule has 0 amide bonds. The lowest BCUT2D eigenvalue weighted by Gasteiger charge is -2.14. The Morgan fingerprint density at radius 2 is 1.37 bits per heavy atom. The van der Waals surface area contributed by atoms with Crippen molar-refractivity contribution < 1.29 is 0 Å². The van der Waals surface area contributed by atoms with Gasteiger partial charge in [0.15, 0.2) is 5.82 Å². The molecule has 3 aromatic rings. The van der Waals surface area contributed by atoms with E-state index >= 15 is 0 Å². The van der Waals surface area contributed by atoms with Gasteiger partial charge in [-0.05, 0) is 34.3 Å². The highest BCUT2D eigenvalue weighted by atomic mass is 35.5. The Bertz CT molecular complexity index is 613. The van der Waals surface area contributed by atoms with Crippen LogP contribution in [0.5, 0.6) is 0 Å². The Morgan fingerprint density at radius 1 is 0.842 bits per heavy atom. The van der Waals surface area contributed by atoms with E-state index in [9.17, 15) is 0 Å². The van der Waals surface area contributed by atoms with Crippen LogP contribution in [-0.2, 0) is 0 Å². The zero-order valence-corrected chi connectivity index (χ0v) is 11.6. The molecule has 0 fully saturated rings. The van der Waals surface area contributed by atoms with Gasteiger partial charge in [0, 0.05) is 0 Å². The molecule has 0 radical (unpaired) electrons. The number of nitrogens with zero attached hydrogens (tertiary/aromatic N) is 2. The summed E-state index contributed by atoms with van der Waals surface area (Å²) < 4.78 is 4.85. The van der Waals surface area contributed by atoms with E-state index in [4.69, 9.17) is 11.6 Å². The van der Waals surface area contributed by atoms with Gasteiger partial charge in [-0.2, -0.15) is 4.37 Å². The predicted molar refractivity (Wildman–Crippen MR) is 78.7 cm³/mol. The number of halogens is 1. The summed E-state index contributed by atoms with van der Waals surface area (Å²) in [5.41, 5.74) is 2.34. The molecule has 3 rings (SSSR count). The molecule has 94 valence electrons. The van der Waals surface area contributed by atoms with Crippen molar-refractivity contribution in [3.8, 4) is 0 Å². The Balaban J connectivity index is 2.11. The Hall–Kier alpha value is -1.71. The summed E-state index contributed by atoms with van der Waals surface area (Å²) in [6, 6.07) is 20.5. The average Bonchev–Trinajstić information content (AvgIpc) is 2.88. The molecule has 1 aromatic heterocycles. The van der Waals surface area contributed by atoms with Gasteiger partial charge in [-0.3, -0.25) is 0 Å². The zero-order valence-electron chi connectivity index (χ0n) is 10.0. The molecular weight excluding hydrogens is 276 g/mol. The van der Waals surface area contributed by atoms with Crippen molar-refractivity contribution in [1.82, 2.24) is 9.36 Å². The van der Waals surface area contributed by atoms with E-state index < -0.39 is 0 Å². The highest BCUT2D eigenvalue weighted by Gasteiger charge is 2.20. The first-order valence-corrected chi connectivity index (χ1v) is 7.09. The molecule has 0 spiro atoms. The van der Waals surface area contributed by atoms with Gasteiger partial charge in [0.05, 0.1) is 5.92 Å². The molecule has 4 heteroatoms. The summed E-state index contributed by atoms with van der Waals surface area (Å²) in [5.74, 6) is 0.790. The molecule has 0 aliphatic rings. The fourth-order valence-electron chi connectivity index (χ4n) is 2.11. The van der Waals surface area contributed by atoms with Crippen LogP contribution in [0.1, 0.15) is 22.9 Å². The molecule has 0 aliphatic carbocycles. The zero-order chi connectivity index (χ0) is 13.1. The van der Waals surface area contributed by atoms with Crippen LogP contribution in [0.25, 0.3) is 0 Å². The summed E-state index contributed by atoms with van der Waals surface area (Å²) >= 11 is 7.15. The molecule has 1 heterocycles. The second kappa shape index (κ2) is 5.51. The van der Waals surface area contributed by atoms with Crippen LogP contribution in [0.4, 0.5) is 0 Å². The summed E-state index contributed by atoms with van der Waals surface area (Å²) in [4.78, 5) is 4.34. The van der Waals surface area contributed by atoms with Crippen LogP contribution in [0.15, 0.2) is 60.7 Å². The van der Waals surface area contributed by atoms with Crippen molar-refractivity contribution >= 4 is 23.1 Å². The molecule has 0 N–H and O–H groups in total. The van der Waals surface area contributed by atoms with Gasteiger partial charge in [-0.1, -0.05) is 60.7 Å².